The molecule has 0 spiro atoms. The van der Waals surface area contributed by atoms with E-state index < -0.39 is 0 Å². The van der Waals surface area contributed by atoms with E-state index >= 15 is 0 Å². The Balaban J connectivity index is 1.98. The molecule has 0 aromatic carbocycles. The van der Waals surface area contributed by atoms with Crippen molar-refractivity contribution in [1.82, 2.24) is 15.1 Å². The fraction of sp³-hybridized carbons (Fsp3) is 0.615. The smallest absolute Gasteiger partial charge is 0.271 e. The molecule has 6 heteroatoms. The summed E-state index contributed by atoms with van der Waals surface area (Å²) in [4.78, 5) is 23.5. The summed E-state index contributed by atoms with van der Waals surface area (Å²) in [6, 6.07) is 1.61. The molecule has 1 aliphatic rings. The molecule has 104 valence electrons. The summed E-state index contributed by atoms with van der Waals surface area (Å²) in [5, 5.41) is 9.70. The van der Waals surface area contributed by atoms with Gasteiger partial charge in [0.25, 0.3) is 5.91 Å². The second-order valence-corrected chi connectivity index (χ2v) is 5.41. The molecule has 1 aromatic heterocycles. The normalized spacial score (nSPS) is 14.5. The van der Waals surface area contributed by atoms with Crippen LogP contribution in [0.4, 0.5) is 5.82 Å². The van der Waals surface area contributed by atoms with Crippen LogP contribution in [-0.2, 0) is 11.8 Å². The molecule has 2 amide bonds. The minimum atomic E-state index is -0.212. The summed E-state index contributed by atoms with van der Waals surface area (Å²) >= 11 is 0. The zero-order valence-corrected chi connectivity index (χ0v) is 11.6. The molecule has 1 saturated carbocycles. The summed E-state index contributed by atoms with van der Waals surface area (Å²) in [5.41, 5.74) is 0.328. The third-order valence-corrected chi connectivity index (χ3v) is 2.98. The largest absolute Gasteiger partial charge is 0.350 e. The van der Waals surface area contributed by atoms with Crippen molar-refractivity contribution in [3.63, 3.8) is 0 Å². The van der Waals surface area contributed by atoms with Crippen molar-refractivity contribution < 1.29 is 9.59 Å². The fourth-order valence-corrected chi connectivity index (χ4v) is 1.66. The van der Waals surface area contributed by atoms with Crippen molar-refractivity contribution in [2.75, 3.05) is 11.9 Å². The third-order valence-electron chi connectivity index (χ3n) is 2.98. The molecule has 2 rings (SSSR count). The van der Waals surface area contributed by atoms with Crippen LogP contribution >= 0.6 is 0 Å². The number of carbonyl (C=O) groups is 2. The van der Waals surface area contributed by atoms with Gasteiger partial charge in [-0.3, -0.25) is 14.3 Å². The standard InChI is InChI=1S/C13H20N4O2/c1-8(2)7-14-13(19)10-6-11(17(3)16-10)15-12(18)9-4-5-9/h6,8-9H,4-5,7H2,1-3H3,(H,14,19)(H,15,18). The number of hydrogen-bond donors (Lipinski definition) is 2. The number of amides is 2. The first kappa shape index (κ1) is 13.6. The number of carbonyl (C=O) groups excluding carboxylic acids is 2. The van der Waals surface area contributed by atoms with Crippen LogP contribution in [0.15, 0.2) is 6.07 Å². The highest BCUT2D eigenvalue weighted by Crippen LogP contribution is 2.30. The molecule has 1 fully saturated rings. The lowest BCUT2D eigenvalue weighted by Gasteiger charge is -2.04. The zero-order chi connectivity index (χ0) is 14.0. The Labute approximate surface area is 112 Å². The van der Waals surface area contributed by atoms with E-state index in [1.807, 2.05) is 13.8 Å². The maximum Gasteiger partial charge on any atom is 0.271 e. The highest BCUT2D eigenvalue weighted by atomic mass is 16.2. The van der Waals surface area contributed by atoms with Crippen molar-refractivity contribution in [2.45, 2.75) is 26.7 Å². The van der Waals surface area contributed by atoms with Crippen LogP contribution in [0, 0.1) is 11.8 Å². The predicted octanol–water partition coefficient (Wildman–Crippen LogP) is 1.15. The molecule has 2 N–H and O–H groups in total. The summed E-state index contributed by atoms with van der Waals surface area (Å²) in [7, 11) is 1.71. The van der Waals surface area contributed by atoms with E-state index in [4.69, 9.17) is 0 Å². The van der Waals surface area contributed by atoms with Crippen molar-refractivity contribution in [1.29, 1.82) is 0 Å². The van der Waals surface area contributed by atoms with Gasteiger partial charge in [0.05, 0.1) is 0 Å². The first-order valence-corrected chi connectivity index (χ1v) is 6.60. The molecule has 1 aliphatic carbocycles. The number of anilines is 1. The average Bonchev–Trinajstić information content (AvgIpc) is 3.13. The van der Waals surface area contributed by atoms with Crippen LogP contribution in [0.1, 0.15) is 37.2 Å². The van der Waals surface area contributed by atoms with Gasteiger partial charge in [-0.25, -0.2) is 0 Å². The van der Waals surface area contributed by atoms with E-state index in [1.165, 1.54) is 4.68 Å². The number of nitrogens with one attached hydrogen (secondary N) is 2. The molecule has 6 nitrogen and oxygen atoms in total. The van der Waals surface area contributed by atoms with Gasteiger partial charge in [-0.15, -0.1) is 0 Å². The molecular formula is C13H20N4O2. The van der Waals surface area contributed by atoms with E-state index in [-0.39, 0.29) is 17.7 Å². The minimum absolute atomic E-state index is 0.0112. The minimum Gasteiger partial charge on any atom is -0.350 e. The SMILES string of the molecule is CC(C)CNC(=O)c1cc(NC(=O)C2CC2)n(C)n1. The Morgan fingerprint density at radius 2 is 2.16 bits per heavy atom. The number of rotatable bonds is 5. The topological polar surface area (TPSA) is 76.0 Å². The molecule has 0 bridgehead atoms. The first-order chi connectivity index (χ1) is 8.97. The number of aromatic nitrogens is 2. The van der Waals surface area contributed by atoms with Gasteiger partial charge in [0.15, 0.2) is 5.69 Å². The quantitative estimate of drug-likeness (QED) is 0.837. The fourth-order valence-electron chi connectivity index (χ4n) is 1.66. The number of aryl methyl sites for hydroxylation is 1. The van der Waals surface area contributed by atoms with E-state index in [0.29, 0.717) is 24.0 Å². The van der Waals surface area contributed by atoms with E-state index in [1.54, 1.807) is 13.1 Å². The van der Waals surface area contributed by atoms with Gasteiger partial charge in [-0.05, 0) is 18.8 Å². The van der Waals surface area contributed by atoms with Gasteiger partial charge in [0.2, 0.25) is 5.91 Å². The molecule has 1 aromatic rings. The second kappa shape index (κ2) is 5.42. The number of hydrogen-bond acceptors (Lipinski definition) is 3. The summed E-state index contributed by atoms with van der Waals surface area (Å²) < 4.78 is 1.52. The highest BCUT2D eigenvalue weighted by Gasteiger charge is 2.30. The van der Waals surface area contributed by atoms with Crippen LogP contribution in [0.2, 0.25) is 0 Å². The monoisotopic (exact) mass is 264 g/mol. The molecule has 19 heavy (non-hydrogen) atoms. The van der Waals surface area contributed by atoms with Crippen molar-refractivity contribution >= 4 is 17.6 Å². The molecule has 0 aliphatic heterocycles. The van der Waals surface area contributed by atoms with E-state index in [2.05, 4.69) is 15.7 Å². The Hall–Kier alpha value is -1.85. The lowest BCUT2D eigenvalue weighted by atomic mass is 10.2. The van der Waals surface area contributed by atoms with Crippen molar-refractivity contribution in [2.24, 2.45) is 18.9 Å². The molecular weight excluding hydrogens is 244 g/mol. The summed E-state index contributed by atoms with van der Waals surface area (Å²) in [5.74, 6) is 0.884. The molecule has 1 heterocycles. The van der Waals surface area contributed by atoms with Crippen LogP contribution in [0.25, 0.3) is 0 Å². The Morgan fingerprint density at radius 3 is 2.74 bits per heavy atom. The highest BCUT2D eigenvalue weighted by molar-refractivity contribution is 5.96. The maximum atomic E-state index is 11.8. The molecule has 0 atom stereocenters. The Kier molecular flexibility index (Phi) is 3.87. The van der Waals surface area contributed by atoms with E-state index in [9.17, 15) is 9.59 Å². The zero-order valence-electron chi connectivity index (χ0n) is 11.6. The van der Waals surface area contributed by atoms with Crippen molar-refractivity contribution in [3.8, 4) is 0 Å². The number of nitrogens with zero attached hydrogens (tertiary/aromatic N) is 2. The third kappa shape index (κ3) is 3.56. The van der Waals surface area contributed by atoms with Gasteiger partial charge >= 0.3 is 0 Å². The second-order valence-electron chi connectivity index (χ2n) is 5.41. The lowest BCUT2D eigenvalue weighted by molar-refractivity contribution is -0.117. The Morgan fingerprint density at radius 1 is 1.47 bits per heavy atom. The lowest BCUT2D eigenvalue weighted by Crippen LogP contribution is -2.27. The molecule has 0 radical (unpaired) electrons. The average molecular weight is 264 g/mol. The van der Waals surface area contributed by atoms with Gasteiger partial charge in [0.1, 0.15) is 5.82 Å². The summed E-state index contributed by atoms with van der Waals surface area (Å²) in [6.45, 7) is 4.67. The van der Waals surface area contributed by atoms with Crippen LogP contribution in [0.5, 0.6) is 0 Å². The van der Waals surface area contributed by atoms with Crippen molar-refractivity contribution in [3.05, 3.63) is 11.8 Å². The first-order valence-electron chi connectivity index (χ1n) is 6.60. The Bertz CT molecular complexity index is 489. The summed E-state index contributed by atoms with van der Waals surface area (Å²) in [6.07, 6.45) is 1.90. The van der Waals surface area contributed by atoms with Crippen LogP contribution < -0.4 is 10.6 Å². The van der Waals surface area contributed by atoms with Gasteiger partial charge < -0.3 is 10.6 Å². The maximum absolute atomic E-state index is 11.8. The predicted molar refractivity (Wildman–Crippen MR) is 71.7 cm³/mol. The van der Waals surface area contributed by atoms with E-state index in [0.717, 1.165) is 12.8 Å². The molecule has 0 saturated heterocycles. The van der Waals surface area contributed by atoms with Crippen LogP contribution in [-0.4, -0.2) is 28.1 Å². The molecule has 0 unspecified atom stereocenters. The van der Waals surface area contributed by atoms with Gasteiger partial charge in [-0.1, -0.05) is 13.8 Å². The van der Waals surface area contributed by atoms with Gasteiger partial charge in [0, 0.05) is 25.6 Å². The van der Waals surface area contributed by atoms with Crippen LogP contribution in [0.3, 0.4) is 0 Å². The van der Waals surface area contributed by atoms with Gasteiger partial charge in [-0.2, -0.15) is 5.10 Å².